The van der Waals surface area contributed by atoms with Gasteiger partial charge in [0.2, 0.25) is 11.8 Å². The Morgan fingerprint density at radius 3 is 2.93 bits per heavy atom. The third kappa shape index (κ3) is 2.68. The third-order valence-corrected chi connectivity index (χ3v) is 2.97. The van der Waals surface area contributed by atoms with Crippen LogP contribution in [0.4, 0.5) is 0 Å². The summed E-state index contributed by atoms with van der Waals surface area (Å²) in [6.07, 6.45) is 2.32. The van der Waals surface area contributed by atoms with Gasteiger partial charge in [0.15, 0.2) is 0 Å². The molecule has 2 fully saturated rings. The molecular formula is C10H17N3O2. The molecule has 2 amide bonds. The predicted octanol–water partition coefficient (Wildman–Crippen LogP) is -0.913. The molecule has 2 aliphatic heterocycles. The summed E-state index contributed by atoms with van der Waals surface area (Å²) in [6.45, 7) is 3.01. The fourth-order valence-corrected chi connectivity index (χ4v) is 2.14. The van der Waals surface area contributed by atoms with Gasteiger partial charge in [-0.05, 0) is 19.4 Å². The molecule has 2 saturated heterocycles. The van der Waals surface area contributed by atoms with Crippen LogP contribution in [-0.2, 0) is 9.59 Å². The fourth-order valence-electron chi connectivity index (χ4n) is 2.14. The van der Waals surface area contributed by atoms with Crippen molar-refractivity contribution in [3.63, 3.8) is 0 Å². The Labute approximate surface area is 89.2 Å². The summed E-state index contributed by atoms with van der Waals surface area (Å²) in [5, 5.41) is 6.06. The molecule has 2 heterocycles. The second kappa shape index (κ2) is 4.61. The molecule has 2 rings (SSSR count). The topological polar surface area (TPSA) is 61.4 Å². The number of hydrogen-bond acceptors (Lipinski definition) is 3. The Kier molecular flexibility index (Phi) is 3.20. The first-order chi connectivity index (χ1) is 7.25. The number of carbonyl (C=O) groups excluding carboxylic acids is 2. The summed E-state index contributed by atoms with van der Waals surface area (Å²) in [4.78, 5) is 24.5. The largest absolute Gasteiger partial charge is 0.354 e. The lowest BCUT2D eigenvalue weighted by atomic mass is 10.2. The number of rotatable bonds is 2. The van der Waals surface area contributed by atoms with Gasteiger partial charge < -0.3 is 15.5 Å². The highest BCUT2D eigenvalue weighted by molar-refractivity contribution is 5.97. The van der Waals surface area contributed by atoms with Crippen molar-refractivity contribution in [1.29, 1.82) is 0 Å². The maximum Gasteiger partial charge on any atom is 0.232 e. The van der Waals surface area contributed by atoms with Gasteiger partial charge in [-0.1, -0.05) is 0 Å². The first-order valence-corrected chi connectivity index (χ1v) is 5.53. The Balaban J connectivity index is 1.89. The minimum Gasteiger partial charge on any atom is -0.354 e. The fraction of sp³-hybridized carbons (Fsp3) is 0.800. The van der Waals surface area contributed by atoms with Crippen LogP contribution in [0.2, 0.25) is 0 Å². The summed E-state index contributed by atoms with van der Waals surface area (Å²) in [5.41, 5.74) is 0. The summed E-state index contributed by atoms with van der Waals surface area (Å²) in [7, 11) is 0. The summed E-state index contributed by atoms with van der Waals surface area (Å²) in [5.74, 6) is -0.194. The summed E-state index contributed by atoms with van der Waals surface area (Å²) >= 11 is 0. The number of hydrogen-bond donors (Lipinski definition) is 2. The van der Waals surface area contributed by atoms with Gasteiger partial charge in [-0.15, -0.1) is 0 Å². The minimum atomic E-state index is -0.151. The maximum atomic E-state index is 11.6. The van der Waals surface area contributed by atoms with Gasteiger partial charge in [-0.25, -0.2) is 0 Å². The standard InChI is InChI=1S/C10H17N3O2/c14-9-6-10(15)13(5-4-12-9)7-8-2-1-3-11-8/h8,11H,1-7H2,(H,12,14). The Morgan fingerprint density at radius 2 is 2.20 bits per heavy atom. The minimum absolute atomic E-state index is 0.00667. The van der Waals surface area contributed by atoms with Crippen LogP contribution >= 0.6 is 0 Å². The van der Waals surface area contributed by atoms with Crippen LogP contribution in [-0.4, -0.2) is 48.9 Å². The molecule has 84 valence electrons. The molecule has 0 radical (unpaired) electrons. The van der Waals surface area contributed by atoms with E-state index in [9.17, 15) is 9.59 Å². The Hall–Kier alpha value is -1.10. The Bertz CT molecular complexity index is 261. The zero-order chi connectivity index (χ0) is 10.7. The van der Waals surface area contributed by atoms with Crippen molar-refractivity contribution in [3.05, 3.63) is 0 Å². The predicted molar refractivity (Wildman–Crippen MR) is 55.2 cm³/mol. The maximum absolute atomic E-state index is 11.6. The summed E-state index contributed by atoms with van der Waals surface area (Å²) < 4.78 is 0. The van der Waals surface area contributed by atoms with Crippen molar-refractivity contribution in [2.45, 2.75) is 25.3 Å². The van der Waals surface area contributed by atoms with Gasteiger partial charge in [-0.2, -0.15) is 0 Å². The average Bonchev–Trinajstić information content (AvgIpc) is 2.63. The van der Waals surface area contributed by atoms with Gasteiger partial charge >= 0.3 is 0 Å². The van der Waals surface area contributed by atoms with Crippen LogP contribution in [0.25, 0.3) is 0 Å². The second-order valence-corrected chi connectivity index (χ2v) is 4.16. The molecule has 0 bridgehead atoms. The number of nitrogens with zero attached hydrogens (tertiary/aromatic N) is 1. The molecule has 5 nitrogen and oxygen atoms in total. The van der Waals surface area contributed by atoms with Crippen LogP contribution in [0, 0.1) is 0 Å². The molecule has 5 heteroatoms. The van der Waals surface area contributed by atoms with E-state index in [-0.39, 0.29) is 18.2 Å². The van der Waals surface area contributed by atoms with E-state index in [1.807, 2.05) is 0 Å². The van der Waals surface area contributed by atoms with E-state index < -0.39 is 0 Å². The van der Waals surface area contributed by atoms with Crippen molar-refractivity contribution >= 4 is 11.8 Å². The van der Waals surface area contributed by atoms with Gasteiger partial charge in [0.05, 0.1) is 0 Å². The highest BCUT2D eigenvalue weighted by atomic mass is 16.2. The van der Waals surface area contributed by atoms with Crippen molar-refractivity contribution in [2.75, 3.05) is 26.2 Å². The van der Waals surface area contributed by atoms with E-state index in [4.69, 9.17) is 0 Å². The first kappa shape index (κ1) is 10.4. The Morgan fingerprint density at radius 1 is 1.33 bits per heavy atom. The number of carbonyl (C=O) groups is 2. The van der Waals surface area contributed by atoms with Crippen LogP contribution in [0.1, 0.15) is 19.3 Å². The molecule has 0 aliphatic carbocycles. The summed E-state index contributed by atoms with van der Waals surface area (Å²) in [6, 6.07) is 0.419. The molecule has 1 atom stereocenters. The zero-order valence-electron chi connectivity index (χ0n) is 8.79. The van der Waals surface area contributed by atoms with E-state index in [0.717, 1.165) is 19.5 Å². The van der Waals surface area contributed by atoms with Gasteiger partial charge in [0, 0.05) is 25.7 Å². The third-order valence-electron chi connectivity index (χ3n) is 2.97. The molecule has 0 aromatic heterocycles. The molecule has 0 spiro atoms. The molecule has 2 aliphatic rings. The van der Waals surface area contributed by atoms with E-state index >= 15 is 0 Å². The van der Waals surface area contributed by atoms with E-state index in [0.29, 0.717) is 19.1 Å². The first-order valence-electron chi connectivity index (χ1n) is 5.53. The quantitative estimate of drug-likeness (QED) is 0.581. The van der Waals surface area contributed by atoms with Crippen LogP contribution < -0.4 is 10.6 Å². The smallest absolute Gasteiger partial charge is 0.232 e. The normalized spacial score (nSPS) is 27.7. The van der Waals surface area contributed by atoms with Crippen LogP contribution in [0.15, 0.2) is 0 Å². The molecule has 2 N–H and O–H groups in total. The van der Waals surface area contributed by atoms with E-state index in [1.165, 1.54) is 6.42 Å². The molecular weight excluding hydrogens is 194 g/mol. The van der Waals surface area contributed by atoms with Crippen molar-refractivity contribution in [2.24, 2.45) is 0 Å². The van der Waals surface area contributed by atoms with Crippen molar-refractivity contribution in [1.82, 2.24) is 15.5 Å². The van der Waals surface area contributed by atoms with E-state index in [1.54, 1.807) is 4.90 Å². The van der Waals surface area contributed by atoms with Crippen LogP contribution in [0.5, 0.6) is 0 Å². The van der Waals surface area contributed by atoms with Crippen LogP contribution in [0.3, 0.4) is 0 Å². The number of nitrogens with one attached hydrogen (secondary N) is 2. The van der Waals surface area contributed by atoms with Gasteiger partial charge in [-0.3, -0.25) is 9.59 Å². The molecule has 0 aromatic carbocycles. The van der Waals surface area contributed by atoms with Gasteiger partial charge in [0.25, 0.3) is 0 Å². The average molecular weight is 211 g/mol. The lowest BCUT2D eigenvalue weighted by Crippen LogP contribution is -2.41. The molecule has 1 unspecified atom stereocenters. The SMILES string of the molecule is O=C1CC(=O)N(CC2CCCN2)CCN1. The van der Waals surface area contributed by atoms with Crippen molar-refractivity contribution < 1.29 is 9.59 Å². The van der Waals surface area contributed by atoms with Crippen molar-refractivity contribution in [3.8, 4) is 0 Å². The molecule has 15 heavy (non-hydrogen) atoms. The lowest BCUT2D eigenvalue weighted by Gasteiger charge is -2.23. The highest BCUT2D eigenvalue weighted by Gasteiger charge is 2.24. The second-order valence-electron chi connectivity index (χ2n) is 4.16. The molecule has 0 aromatic rings. The van der Waals surface area contributed by atoms with Gasteiger partial charge in [0.1, 0.15) is 6.42 Å². The lowest BCUT2D eigenvalue weighted by molar-refractivity contribution is -0.134. The number of amides is 2. The highest BCUT2D eigenvalue weighted by Crippen LogP contribution is 2.08. The van der Waals surface area contributed by atoms with E-state index in [2.05, 4.69) is 10.6 Å². The molecule has 0 saturated carbocycles. The monoisotopic (exact) mass is 211 g/mol. The zero-order valence-corrected chi connectivity index (χ0v) is 8.79.